The molecule has 0 spiro atoms. The molecule has 1 saturated heterocycles. The third-order valence-electron chi connectivity index (χ3n) is 3.14. The first-order chi connectivity index (χ1) is 9.03. The zero-order chi connectivity index (χ0) is 15.6. The zero-order valence-electron chi connectivity index (χ0n) is 13.4. The Morgan fingerprint density at radius 1 is 1.30 bits per heavy atom. The normalized spacial score (nSPS) is 23.4. The molecule has 1 amide bonds. The van der Waals surface area contributed by atoms with E-state index in [4.69, 9.17) is 9.47 Å². The Morgan fingerprint density at radius 3 is 2.25 bits per heavy atom. The molecular formula is C15H27NO4. The highest BCUT2D eigenvalue weighted by molar-refractivity contribution is 5.95. The Morgan fingerprint density at radius 2 is 1.85 bits per heavy atom. The van der Waals surface area contributed by atoms with E-state index in [9.17, 15) is 9.59 Å². The maximum Gasteiger partial charge on any atom is 0.408 e. The number of amides is 1. The molecule has 1 N–H and O–H groups in total. The summed E-state index contributed by atoms with van der Waals surface area (Å²) in [6, 6.07) is -0.542. The summed E-state index contributed by atoms with van der Waals surface area (Å²) in [5.74, 6) is 0.405. The second kappa shape index (κ2) is 6.12. The SMILES string of the molecule is CC(C)CC[C@H](NC(=O)OC(C)(C)C)C(=O)[C@]1(C)CO1. The lowest BCUT2D eigenvalue weighted by Gasteiger charge is -2.24. The molecule has 0 aromatic heterocycles. The Hall–Kier alpha value is -1.10. The quantitative estimate of drug-likeness (QED) is 0.762. The second-order valence-corrected chi connectivity index (χ2v) is 7.05. The van der Waals surface area contributed by atoms with Crippen molar-refractivity contribution in [1.82, 2.24) is 5.32 Å². The Kier molecular flexibility index (Phi) is 5.19. The van der Waals surface area contributed by atoms with Crippen LogP contribution in [-0.2, 0) is 14.3 Å². The van der Waals surface area contributed by atoms with E-state index in [1.807, 2.05) is 0 Å². The van der Waals surface area contributed by atoms with Crippen LogP contribution in [0.15, 0.2) is 0 Å². The number of hydrogen-bond acceptors (Lipinski definition) is 4. The summed E-state index contributed by atoms with van der Waals surface area (Å²) < 4.78 is 10.4. The van der Waals surface area contributed by atoms with Crippen LogP contribution in [0.5, 0.6) is 0 Å². The van der Waals surface area contributed by atoms with Gasteiger partial charge in [0.1, 0.15) is 11.2 Å². The summed E-state index contributed by atoms with van der Waals surface area (Å²) in [7, 11) is 0. The summed E-state index contributed by atoms with van der Waals surface area (Å²) in [5, 5.41) is 2.68. The largest absolute Gasteiger partial charge is 0.444 e. The number of carbonyl (C=O) groups is 2. The number of rotatable bonds is 6. The monoisotopic (exact) mass is 285 g/mol. The molecule has 1 fully saturated rings. The molecule has 0 aromatic carbocycles. The molecule has 1 aliphatic rings. The van der Waals surface area contributed by atoms with Crippen LogP contribution in [0.4, 0.5) is 4.79 Å². The van der Waals surface area contributed by atoms with Crippen molar-refractivity contribution in [3.05, 3.63) is 0 Å². The van der Waals surface area contributed by atoms with Gasteiger partial charge in [-0.05, 0) is 46.5 Å². The number of ether oxygens (including phenoxy) is 2. The van der Waals surface area contributed by atoms with Gasteiger partial charge in [-0.25, -0.2) is 4.79 Å². The van der Waals surface area contributed by atoms with Crippen molar-refractivity contribution in [3.63, 3.8) is 0 Å². The standard InChI is InChI=1S/C15H27NO4/c1-10(2)7-8-11(12(17)15(6)9-19-15)16-13(18)20-14(3,4)5/h10-11H,7-9H2,1-6H3,(H,16,18)/t11-,15-/m0/s1. The number of epoxide rings is 1. The van der Waals surface area contributed by atoms with Crippen molar-refractivity contribution >= 4 is 11.9 Å². The number of hydrogen-bond donors (Lipinski definition) is 1. The van der Waals surface area contributed by atoms with Gasteiger partial charge < -0.3 is 14.8 Å². The predicted molar refractivity (Wildman–Crippen MR) is 76.6 cm³/mol. The number of Topliss-reactive ketones (excluding diaryl/α,β-unsaturated/α-hetero) is 1. The topological polar surface area (TPSA) is 67.9 Å². The summed E-state index contributed by atoms with van der Waals surface area (Å²) in [6.45, 7) is 11.7. The van der Waals surface area contributed by atoms with Crippen LogP contribution in [0.2, 0.25) is 0 Å². The minimum absolute atomic E-state index is 0.0657. The minimum Gasteiger partial charge on any atom is -0.444 e. The van der Waals surface area contributed by atoms with Gasteiger partial charge in [-0.1, -0.05) is 13.8 Å². The Labute approximate surface area is 121 Å². The zero-order valence-corrected chi connectivity index (χ0v) is 13.4. The van der Waals surface area contributed by atoms with Gasteiger partial charge in [0.05, 0.1) is 12.6 Å². The van der Waals surface area contributed by atoms with E-state index in [2.05, 4.69) is 19.2 Å². The van der Waals surface area contributed by atoms with E-state index in [-0.39, 0.29) is 5.78 Å². The molecule has 0 bridgehead atoms. The van der Waals surface area contributed by atoms with Crippen molar-refractivity contribution in [1.29, 1.82) is 0 Å². The van der Waals surface area contributed by atoms with Gasteiger partial charge in [0.2, 0.25) is 0 Å². The van der Waals surface area contributed by atoms with Crippen LogP contribution in [0.1, 0.15) is 54.4 Å². The van der Waals surface area contributed by atoms with E-state index in [0.717, 1.165) is 6.42 Å². The third kappa shape index (κ3) is 5.49. The molecular weight excluding hydrogens is 258 g/mol. The summed E-state index contributed by atoms with van der Waals surface area (Å²) in [5.41, 5.74) is -1.30. The van der Waals surface area contributed by atoms with Crippen molar-refractivity contribution in [2.45, 2.75) is 71.6 Å². The lowest BCUT2D eigenvalue weighted by atomic mass is 9.94. The molecule has 2 atom stereocenters. The van der Waals surface area contributed by atoms with Crippen molar-refractivity contribution in [2.24, 2.45) is 5.92 Å². The average molecular weight is 285 g/mol. The Bertz CT molecular complexity index is 367. The molecule has 0 unspecified atom stereocenters. The van der Waals surface area contributed by atoms with Gasteiger partial charge in [0.15, 0.2) is 5.78 Å². The number of carbonyl (C=O) groups excluding carboxylic acids is 2. The van der Waals surface area contributed by atoms with Gasteiger partial charge >= 0.3 is 6.09 Å². The molecule has 1 rings (SSSR count). The Balaban J connectivity index is 2.62. The van der Waals surface area contributed by atoms with Crippen LogP contribution in [-0.4, -0.2) is 35.7 Å². The average Bonchev–Trinajstić information content (AvgIpc) is 3.00. The molecule has 0 radical (unpaired) electrons. The fraction of sp³-hybridized carbons (Fsp3) is 0.867. The smallest absolute Gasteiger partial charge is 0.408 e. The molecule has 1 heterocycles. The van der Waals surface area contributed by atoms with Crippen LogP contribution in [0.3, 0.4) is 0 Å². The molecule has 5 nitrogen and oxygen atoms in total. The first-order valence-corrected chi connectivity index (χ1v) is 7.21. The summed E-state index contributed by atoms with van der Waals surface area (Å²) in [6.07, 6.45) is 0.917. The van der Waals surface area contributed by atoms with Gasteiger partial charge in [0.25, 0.3) is 0 Å². The van der Waals surface area contributed by atoms with E-state index in [0.29, 0.717) is 18.9 Å². The van der Waals surface area contributed by atoms with Crippen molar-refractivity contribution < 1.29 is 19.1 Å². The lowest BCUT2D eigenvalue weighted by Crippen LogP contribution is -2.47. The predicted octanol–water partition coefficient (Wildman–Crippen LogP) is 2.67. The van der Waals surface area contributed by atoms with E-state index >= 15 is 0 Å². The highest BCUT2D eigenvalue weighted by Gasteiger charge is 2.50. The van der Waals surface area contributed by atoms with Gasteiger partial charge in [-0.3, -0.25) is 4.79 Å². The summed E-state index contributed by atoms with van der Waals surface area (Å²) in [4.78, 5) is 24.2. The molecule has 0 aliphatic carbocycles. The first-order valence-electron chi connectivity index (χ1n) is 7.21. The molecule has 116 valence electrons. The number of nitrogens with one attached hydrogen (secondary N) is 1. The van der Waals surface area contributed by atoms with E-state index in [1.54, 1.807) is 27.7 Å². The van der Waals surface area contributed by atoms with Crippen molar-refractivity contribution in [3.8, 4) is 0 Å². The molecule has 0 aromatic rings. The molecule has 5 heteroatoms. The van der Waals surface area contributed by atoms with Crippen LogP contribution in [0.25, 0.3) is 0 Å². The summed E-state index contributed by atoms with van der Waals surface area (Å²) >= 11 is 0. The molecule has 0 saturated carbocycles. The lowest BCUT2D eigenvalue weighted by molar-refractivity contribution is -0.125. The van der Waals surface area contributed by atoms with Gasteiger partial charge in [-0.15, -0.1) is 0 Å². The first kappa shape index (κ1) is 17.0. The fourth-order valence-electron chi connectivity index (χ4n) is 1.84. The number of ketones is 1. The molecule has 20 heavy (non-hydrogen) atoms. The van der Waals surface area contributed by atoms with E-state index < -0.39 is 23.3 Å². The van der Waals surface area contributed by atoms with Crippen LogP contribution >= 0.6 is 0 Å². The van der Waals surface area contributed by atoms with Gasteiger partial charge in [0, 0.05) is 0 Å². The fourth-order valence-corrected chi connectivity index (χ4v) is 1.84. The third-order valence-corrected chi connectivity index (χ3v) is 3.14. The highest BCUT2D eigenvalue weighted by Crippen LogP contribution is 2.29. The van der Waals surface area contributed by atoms with Crippen LogP contribution < -0.4 is 5.32 Å². The molecule has 1 aliphatic heterocycles. The maximum atomic E-state index is 12.3. The maximum absolute atomic E-state index is 12.3. The highest BCUT2D eigenvalue weighted by atomic mass is 16.6. The minimum atomic E-state index is -0.726. The van der Waals surface area contributed by atoms with Gasteiger partial charge in [-0.2, -0.15) is 0 Å². The second-order valence-electron chi connectivity index (χ2n) is 7.05. The van der Waals surface area contributed by atoms with E-state index in [1.165, 1.54) is 0 Å². The van der Waals surface area contributed by atoms with Crippen LogP contribution in [0, 0.1) is 5.92 Å². The van der Waals surface area contributed by atoms with Crippen molar-refractivity contribution in [2.75, 3.05) is 6.61 Å². The number of alkyl carbamates (subject to hydrolysis) is 1.